The predicted molar refractivity (Wildman–Crippen MR) is 79.9 cm³/mol. The highest BCUT2D eigenvalue weighted by Crippen LogP contribution is 2.24. The summed E-state index contributed by atoms with van der Waals surface area (Å²) in [5.74, 6) is 0.317. The number of imidazole rings is 1. The maximum absolute atomic E-state index is 8.76. The van der Waals surface area contributed by atoms with Gasteiger partial charge in [0.25, 0.3) is 0 Å². The van der Waals surface area contributed by atoms with Crippen molar-refractivity contribution in [2.45, 2.75) is 65.3 Å². The molecule has 0 bridgehead atoms. The number of oxime groups is 1. The van der Waals surface area contributed by atoms with Crippen molar-refractivity contribution in [3.05, 3.63) is 17.7 Å². The Bertz CT molecular complexity index is 476. The monoisotopic (exact) mass is 278 g/mol. The van der Waals surface area contributed by atoms with Crippen LogP contribution in [0.3, 0.4) is 0 Å². The Balaban J connectivity index is 1.81. The maximum atomic E-state index is 8.76. The SMILES string of the molecule is CC(C)(CCCCn1cnc2c1CCCC2)C(N)=NO. The lowest BCUT2D eigenvalue weighted by atomic mass is 9.86. The van der Waals surface area contributed by atoms with Crippen molar-refractivity contribution in [2.24, 2.45) is 16.3 Å². The van der Waals surface area contributed by atoms with E-state index < -0.39 is 0 Å². The summed E-state index contributed by atoms with van der Waals surface area (Å²) in [6.45, 7) is 5.05. The van der Waals surface area contributed by atoms with Crippen molar-refractivity contribution in [3.8, 4) is 0 Å². The van der Waals surface area contributed by atoms with Crippen LogP contribution in [0.5, 0.6) is 0 Å². The molecule has 1 aliphatic carbocycles. The second-order valence-electron chi connectivity index (χ2n) is 6.36. The number of aryl methyl sites for hydroxylation is 2. The molecule has 0 unspecified atom stereocenters. The van der Waals surface area contributed by atoms with Gasteiger partial charge in [-0.15, -0.1) is 0 Å². The van der Waals surface area contributed by atoms with Gasteiger partial charge in [-0.3, -0.25) is 0 Å². The third-order valence-electron chi connectivity index (χ3n) is 4.36. The molecule has 20 heavy (non-hydrogen) atoms. The number of unbranched alkanes of at least 4 members (excludes halogenated alkanes) is 1. The second-order valence-corrected chi connectivity index (χ2v) is 6.36. The first-order valence-electron chi connectivity index (χ1n) is 7.55. The standard InChI is InChI=1S/C15H26N4O/c1-15(2,14(16)18-20)9-5-6-10-19-11-17-12-7-3-4-8-13(12)19/h11,20H,3-10H2,1-2H3,(H2,16,18). The van der Waals surface area contributed by atoms with Crippen LogP contribution in [0.25, 0.3) is 0 Å². The minimum atomic E-state index is -0.233. The van der Waals surface area contributed by atoms with Crippen molar-refractivity contribution in [1.82, 2.24) is 9.55 Å². The van der Waals surface area contributed by atoms with Gasteiger partial charge in [-0.05, 0) is 38.5 Å². The molecule has 0 aromatic carbocycles. The van der Waals surface area contributed by atoms with Crippen molar-refractivity contribution >= 4 is 5.84 Å². The topological polar surface area (TPSA) is 76.4 Å². The molecule has 5 nitrogen and oxygen atoms in total. The minimum Gasteiger partial charge on any atom is -0.409 e. The molecule has 5 heteroatoms. The van der Waals surface area contributed by atoms with Crippen LogP contribution in [0.2, 0.25) is 0 Å². The zero-order valence-electron chi connectivity index (χ0n) is 12.6. The van der Waals surface area contributed by atoms with E-state index in [1.54, 1.807) is 0 Å². The molecule has 0 amide bonds. The second kappa shape index (κ2) is 6.29. The lowest BCUT2D eigenvalue weighted by Gasteiger charge is -2.22. The molecule has 1 heterocycles. The van der Waals surface area contributed by atoms with Gasteiger partial charge < -0.3 is 15.5 Å². The number of aromatic nitrogens is 2. The molecule has 1 aromatic heterocycles. The van der Waals surface area contributed by atoms with Crippen LogP contribution in [-0.4, -0.2) is 20.6 Å². The molecule has 0 spiro atoms. The average Bonchev–Trinajstić information content (AvgIpc) is 2.86. The summed E-state index contributed by atoms with van der Waals surface area (Å²) in [4.78, 5) is 4.52. The highest BCUT2D eigenvalue weighted by molar-refractivity contribution is 5.85. The predicted octanol–water partition coefficient (Wildman–Crippen LogP) is 2.70. The molecule has 2 rings (SSSR count). The van der Waals surface area contributed by atoms with E-state index in [4.69, 9.17) is 10.9 Å². The van der Waals surface area contributed by atoms with E-state index >= 15 is 0 Å². The number of hydrogen-bond acceptors (Lipinski definition) is 3. The third kappa shape index (κ3) is 3.32. The lowest BCUT2D eigenvalue weighted by molar-refractivity contribution is 0.304. The Kier molecular flexibility index (Phi) is 4.68. The van der Waals surface area contributed by atoms with Gasteiger partial charge in [-0.1, -0.05) is 25.4 Å². The van der Waals surface area contributed by atoms with Gasteiger partial charge in [0, 0.05) is 17.7 Å². The van der Waals surface area contributed by atoms with Crippen LogP contribution in [-0.2, 0) is 19.4 Å². The summed E-state index contributed by atoms with van der Waals surface area (Å²) in [5, 5.41) is 11.9. The smallest absolute Gasteiger partial charge is 0.144 e. The molecular weight excluding hydrogens is 252 g/mol. The van der Waals surface area contributed by atoms with Gasteiger partial charge in [0.2, 0.25) is 0 Å². The van der Waals surface area contributed by atoms with Gasteiger partial charge in [0.1, 0.15) is 5.84 Å². The number of hydrogen-bond donors (Lipinski definition) is 2. The molecule has 3 N–H and O–H groups in total. The van der Waals surface area contributed by atoms with Crippen LogP contribution >= 0.6 is 0 Å². The first-order valence-corrected chi connectivity index (χ1v) is 7.55. The Morgan fingerprint density at radius 1 is 1.40 bits per heavy atom. The quantitative estimate of drug-likeness (QED) is 0.276. The van der Waals surface area contributed by atoms with Gasteiger partial charge in [-0.25, -0.2) is 4.98 Å². The fraction of sp³-hybridized carbons (Fsp3) is 0.733. The van der Waals surface area contributed by atoms with E-state index in [0.29, 0.717) is 5.84 Å². The molecule has 0 saturated heterocycles. The number of amidine groups is 1. The van der Waals surface area contributed by atoms with E-state index in [9.17, 15) is 0 Å². The molecule has 112 valence electrons. The Hall–Kier alpha value is -1.52. The molecule has 1 aromatic rings. The van der Waals surface area contributed by atoms with Crippen molar-refractivity contribution in [3.63, 3.8) is 0 Å². The molecule has 0 aliphatic heterocycles. The Morgan fingerprint density at radius 2 is 2.15 bits per heavy atom. The van der Waals surface area contributed by atoms with Crippen molar-refractivity contribution in [1.29, 1.82) is 0 Å². The molecule has 1 aliphatic rings. The first kappa shape index (κ1) is 14.9. The summed E-state index contributed by atoms with van der Waals surface area (Å²) in [6.07, 6.45) is 9.96. The first-order chi connectivity index (χ1) is 9.54. The normalized spacial score (nSPS) is 16.2. The number of fused-ring (bicyclic) bond motifs is 1. The molecule has 0 radical (unpaired) electrons. The van der Waals surface area contributed by atoms with Crippen molar-refractivity contribution < 1.29 is 5.21 Å². The number of nitrogens with two attached hydrogens (primary N) is 1. The number of nitrogens with zero attached hydrogens (tertiary/aromatic N) is 3. The zero-order chi connectivity index (χ0) is 14.6. The summed E-state index contributed by atoms with van der Waals surface area (Å²) in [7, 11) is 0. The third-order valence-corrected chi connectivity index (χ3v) is 4.36. The summed E-state index contributed by atoms with van der Waals surface area (Å²) in [6, 6.07) is 0. The fourth-order valence-corrected chi connectivity index (χ4v) is 2.84. The van der Waals surface area contributed by atoms with Gasteiger partial charge in [0.15, 0.2) is 0 Å². The zero-order valence-corrected chi connectivity index (χ0v) is 12.6. The van der Waals surface area contributed by atoms with E-state index in [0.717, 1.165) is 32.2 Å². The van der Waals surface area contributed by atoms with Gasteiger partial charge >= 0.3 is 0 Å². The fourth-order valence-electron chi connectivity index (χ4n) is 2.84. The van der Waals surface area contributed by atoms with Crippen molar-refractivity contribution in [2.75, 3.05) is 0 Å². The highest BCUT2D eigenvalue weighted by Gasteiger charge is 2.23. The summed E-state index contributed by atoms with van der Waals surface area (Å²) in [5.41, 5.74) is 8.21. The summed E-state index contributed by atoms with van der Waals surface area (Å²) >= 11 is 0. The molecule has 0 fully saturated rings. The molecule has 0 saturated carbocycles. The van der Waals surface area contributed by atoms with Crippen LogP contribution < -0.4 is 5.73 Å². The molecular formula is C15H26N4O. The minimum absolute atomic E-state index is 0.233. The van der Waals surface area contributed by atoms with Crippen LogP contribution in [0, 0.1) is 5.41 Å². The Labute approximate surface area is 120 Å². The van der Waals surface area contributed by atoms with Gasteiger partial charge in [-0.2, -0.15) is 0 Å². The lowest BCUT2D eigenvalue weighted by Crippen LogP contribution is -2.31. The van der Waals surface area contributed by atoms with E-state index in [2.05, 4.69) is 14.7 Å². The van der Waals surface area contributed by atoms with E-state index in [1.807, 2.05) is 20.2 Å². The Morgan fingerprint density at radius 3 is 2.90 bits per heavy atom. The average molecular weight is 278 g/mol. The van der Waals surface area contributed by atoms with Gasteiger partial charge in [0.05, 0.1) is 12.0 Å². The van der Waals surface area contributed by atoms with Crippen LogP contribution in [0.4, 0.5) is 0 Å². The number of rotatable bonds is 6. The van der Waals surface area contributed by atoms with Crippen LogP contribution in [0.1, 0.15) is 57.3 Å². The molecule has 0 atom stereocenters. The summed E-state index contributed by atoms with van der Waals surface area (Å²) < 4.78 is 2.31. The van der Waals surface area contributed by atoms with Crippen LogP contribution in [0.15, 0.2) is 11.5 Å². The largest absolute Gasteiger partial charge is 0.409 e. The maximum Gasteiger partial charge on any atom is 0.144 e. The highest BCUT2D eigenvalue weighted by atomic mass is 16.4. The van der Waals surface area contributed by atoms with E-state index in [-0.39, 0.29) is 5.41 Å². The van der Waals surface area contributed by atoms with E-state index in [1.165, 1.54) is 30.7 Å².